The Hall–Kier alpha value is -2.23. The molecule has 26 heavy (non-hydrogen) atoms. The van der Waals surface area contributed by atoms with Crippen molar-refractivity contribution in [2.75, 3.05) is 32.8 Å². The Balaban J connectivity index is 1.30. The van der Waals surface area contributed by atoms with Gasteiger partial charge in [0.15, 0.2) is 0 Å². The molecule has 6 nitrogen and oxygen atoms in total. The first-order chi connectivity index (χ1) is 12.6. The first-order valence-corrected chi connectivity index (χ1v) is 9.19. The Morgan fingerprint density at radius 1 is 1.23 bits per heavy atom. The van der Waals surface area contributed by atoms with Gasteiger partial charge in [-0.1, -0.05) is 35.6 Å². The van der Waals surface area contributed by atoms with Crippen LogP contribution in [0, 0.1) is 17.8 Å². The van der Waals surface area contributed by atoms with Crippen LogP contribution in [-0.2, 0) is 9.53 Å². The van der Waals surface area contributed by atoms with Crippen molar-refractivity contribution in [2.24, 2.45) is 5.92 Å². The van der Waals surface area contributed by atoms with Crippen molar-refractivity contribution >= 4 is 23.5 Å². The molecule has 1 aromatic rings. The number of morpholine rings is 1. The summed E-state index contributed by atoms with van der Waals surface area (Å²) >= 11 is 6.10. The van der Waals surface area contributed by atoms with Gasteiger partial charge in [-0.3, -0.25) is 4.79 Å². The summed E-state index contributed by atoms with van der Waals surface area (Å²) in [6.45, 7) is 2.53. The van der Waals surface area contributed by atoms with Crippen molar-refractivity contribution in [3.05, 3.63) is 34.9 Å². The third kappa shape index (κ3) is 3.50. The van der Waals surface area contributed by atoms with Crippen LogP contribution in [0.15, 0.2) is 24.3 Å². The molecule has 3 aliphatic heterocycles. The number of hydrogen-bond donors (Lipinski definition) is 1. The molecule has 0 aliphatic carbocycles. The molecular weight excluding hydrogens is 354 g/mol. The predicted molar refractivity (Wildman–Crippen MR) is 96.6 cm³/mol. The molecule has 3 saturated heterocycles. The van der Waals surface area contributed by atoms with Gasteiger partial charge in [0.25, 0.3) is 0 Å². The van der Waals surface area contributed by atoms with Crippen molar-refractivity contribution in [2.45, 2.75) is 18.6 Å². The SMILES string of the molecule is O=C1CO[C@H]2CCN(C(=O)N3CC(C#Cc4ccccc4Cl)C3)C[C@H]2N1. The van der Waals surface area contributed by atoms with Crippen LogP contribution in [0.25, 0.3) is 0 Å². The summed E-state index contributed by atoms with van der Waals surface area (Å²) in [6, 6.07) is 7.40. The van der Waals surface area contributed by atoms with E-state index < -0.39 is 0 Å². The summed E-state index contributed by atoms with van der Waals surface area (Å²) in [6.07, 6.45) is 0.766. The average molecular weight is 374 g/mol. The molecule has 0 aromatic heterocycles. The number of likely N-dealkylation sites (tertiary alicyclic amines) is 2. The number of ether oxygens (including phenoxy) is 1. The van der Waals surface area contributed by atoms with Crippen LogP contribution in [0.5, 0.6) is 0 Å². The van der Waals surface area contributed by atoms with E-state index in [-0.39, 0.29) is 36.6 Å². The standard InChI is InChI=1S/C19H20ClN3O3/c20-15-4-2-1-3-14(15)6-5-13-9-23(10-13)19(25)22-8-7-17-16(11-22)21-18(24)12-26-17/h1-4,13,16-17H,7-12H2,(H,21,24)/t16-,17+/m1/s1. The number of halogens is 1. The van der Waals surface area contributed by atoms with Gasteiger partial charge in [-0.2, -0.15) is 0 Å². The number of piperidine rings is 1. The summed E-state index contributed by atoms with van der Waals surface area (Å²) in [5, 5.41) is 3.56. The van der Waals surface area contributed by atoms with E-state index in [1.807, 2.05) is 24.3 Å². The Morgan fingerprint density at radius 3 is 2.85 bits per heavy atom. The van der Waals surface area contributed by atoms with Crippen molar-refractivity contribution in [3.63, 3.8) is 0 Å². The number of fused-ring (bicyclic) bond motifs is 1. The average Bonchev–Trinajstić information content (AvgIpc) is 2.61. The Kier molecular flexibility index (Phi) is 4.75. The summed E-state index contributed by atoms with van der Waals surface area (Å²) < 4.78 is 5.53. The highest BCUT2D eigenvalue weighted by Gasteiger charge is 2.39. The molecule has 0 spiro atoms. The van der Waals surface area contributed by atoms with Crippen LogP contribution in [0.1, 0.15) is 12.0 Å². The lowest BCUT2D eigenvalue weighted by Gasteiger charge is -2.45. The third-order valence-electron chi connectivity index (χ3n) is 5.03. The van der Waals surface area contributed by atoms with Gasteiger partial charge >= 0.3 is 6.03 Å². The minimum atomic E-state index is -0.112. The zero-order chi connectivity index (χ0) is 18.1. The molecule has 7 heteroatoms. The fourth-order valence-electron chi connectivity index (χ4n) is 3.54. The van der Waals surface area contributed by atoms with Gasteiger partial charge in [-0.05, 0) is 18.6 Å². The van der Waals surface area contributed by atoms with Crippen molar-refractivity contribution in [1.82, 2.24) is 15.1 Å². The zero-order valence-electron chi connectivity index (χ0n) is 14.3. The molecule has 0 unspecified atom stereocenters. The quantitative estimate of drug-likeness (QED) is 0.698. The maximum atomic E-state index is 12.6. The molecule has 1 aromatic carbocycles. The highest BCUT2D eigenvalue weighted by atomic mass is 35.5. The lowest BCUT2D eigenvalue weighted by molar-refractivity contribution is -0.139. The first-order valence-electron chi connectivity index (χ1n) is 8.81. The second-order valence-corrected chi connectivity index (χ2v) is 7.30. The minimum absolute atomic E-state index is 0.0130. The number of nitrogens with one attached hydrogen (secondary N) is 1. The number of nitrogens with zero attached hydrogens (tertiary/aromatic N) is 2. The molecule has 0 radical (unpaired) electrons. The van der Waals surface area contributed by atoms with E-state index in [1.54, 1.807) is 9.80 Å². The topological polar surface area (TPSA) is 61.9 Å². The Labute approximate surface area is 157 Å². The summed E-state index contributed by atoms with van der Waals surface area (Å²) in [5.41, 5.74) is 0.814. The monoisotopic (exact) mass is 373 g/mol. The third-order valence-corrected chi connectivity index (χ3v) is 5.36. The minimum Gasteiger partial charge on any atom is -0.366 e. The smallest absolute Gasteiger partial charge is 0.320 e. The van der Waals surface area contributed by atoms with E-state index in [4.69, 9.17) is 16.3 Å². The molecular formula is C19H20ClN3O3. The molecule has 3 heterocycles. The van der Waals surface area contributed by atoms with Crippen LogP contribution in [-0.4, -0.2) is 66.7 Å². The maximum absolute atomic E-state index is 12.6. The highest BCUT2D eigenvalue weighted by Crippen LogP contribution is 2.22. The summed E-state index contributed by atoms with van der Waals surface area (Å²) in [4.78, 5) is 27.7. The van der Waals surface area contributed by atoms with E-state index >= 15 is 0 Å². The number of carbonyl (C=O) groups excluding carboxylic acids is 2. The molecule has 136 valence electrons. The van der Waals surface area contributed by atoms with Crippen LogP contribution in [0.2, 0.25) is 5.02 Å². The fraction of sp³-hybridized carbons (Fsp3) is 0.474. The molecule has 3 fully saturated rings. The molecule has 3 aliphatic rings. The van der Waals surface area contributed by atoms with Crippen molar-refractivity contribution in [1.29, 1.82) is 0 Å². The molecule has 3 amide bonds. The molecule has 0 bridgehead atoms. The lowest BCUT2D eigenvalue weighted by Crippen LogP contribution is -2.64. The summed E-state index contributed by atoms with van der Waals surface area (Å²) in [7, 11) is 0. The van der Waals surface area contributed by atoms with Crippen LogP contribution in [0.4, 0.5) is 4.79 Å². The van der Waals surface area contributed by atoms with Gasteiger partial charge in [-0.25, -0.2) is 4.79 Å². The largest absolute Gasteiger partial charge is 0.366 e. The van der Waals surface area contributed by atoms with E-state index in [9.17, 15) is 9.59 Å². The fourth-order valence-corrected chi connectivity index (χ4v) is 3.72. The molecule has 0 saturated carbocycles. The van der Waals surface area contributed by atoms with E-state index in [1.165, 1.54) is 0 Å². The zero-order valence-corrected chi connectivity index (χ0v) is 15.0. The van der Waals surface area contributed by atoms with Gasteiger partial charge in [0.05, 0.1) is 23.1 Å². The number of carbonyl (C=O) groups is 2. The van der Waals surface area contributed by atoms with Crippen LogP contribution >= 0.6 is 11.6 Å². The number of rotatable bonds is 0. The molecule has 4 rings (SSSR count). The van der Waals surface area contributed by atoms with E-state index in [0.717, 1.165) is 12.0 Å². The van der Waals surface area contributed by atoms with Gasteiger partial charge in [0.1, 0.15) is 6.61 Å². The number of urea groups is 1. The number of amides is 3. The normalized spacial score (nSPS) is 25.5. The van der Waals surface area contributed by atoms with Crippen molar-refractivity contribution < 1.29 is 14.3 Å². The highest BCUT2D eigenvalue weighted by molar-refractivity contribution is 6.31. The summed E-state index contributed by atoms with van der Waals surface area (Å²) in [5.74, 6) is 6.35. The second kappa shape index (κ2) is 7.18. The maximum Gasteiger partial charge on any atom is 0.320 e. The molecule has 1 N–H and O–H groups in total. The van der Waals surface area contributed by atoms with Gasteiger partial charge in [-0.15, -0.1) is 0 Å². The Bertz CT molecular complexity index is 782. The second-order valence-electron chi connectivity index (χ2n) is 6.89. The first kappa shape index (κ1) is 17.2. The van der Waals surface area contributed by atoms with E-state index in [2.05, 4.69) is 17.2 Å². The van der Waals surface area contributed by atoms with Gasteiger partial charge in [0.2, 0.25) is 5.91 Å². The predicted octanol–water partition coefficient (Wildman–Crippen LogP) is 1.33. The van der Waals surface area contributed by atoms with E-state index in [0.29, 0.717) is 31.2 Å². The number of benzene rings is 1. The molecule has 2 atom stereocenters. The van der Waals surface area contributed by atoms with Crippen LogP contribution in [0.3, 0.4) is 0 Å². The van der Waals surface area contributed by atoms with Gasteiger partial charge < -0.3 is 19.9 Å². The van der Waals surface area contributed by atoms with Crippen molar-refractivity contribution in [3.8, 4) is 11.8 Å². The van der Waals surface area contributed by atoms with Gasteiger partial charge in [0, 0.05) is 31.7 Å². The van der Waals surface area contributed by atoms with Crippen LogP contribution < -0.4 is 5.32 Å². The lowest BCUT2D eigenvalue weighted by atomic mass is 9.99. The number of hydrogen-bond acceptors (Lipinski definition) is 3. The Morgan fingerprint density at radius 2 is 2.04 bits per heavy atom.